The number of nitrogens with zero attached hydrogens (tertiary/aromatic N) is 12. The molecule has 3 atom stereocenters. The molecule has 10 aliphatic heterocycles. The summed E-state index contributed by atoms with van der Waals surface area (Å²) in [6.07, 6.45) is 20.2. The van der Waals surface area contributed by atoms with Gasteiger partial charge >= 0.3 is 34.6 Å². The molecule has 0 radical (unpaired) electrons. The molecule has 3 unspecified atom stereocenters. The summed E-state index contributed by atoms with van der Waals surface area (Å²) in [4.78, 5) is 2.36. The molecule has 3 spiro atoms. The summed E-state index contributed by atoms with van der Waals surface area (Å²) in [6, 6.07) is 136. The third-order valence-corrected chi connectivity index (χ3v) is 29.3. The molecule has 0 saturated heterocycles. The highest BCUT2D eigenvalue weighted by Gasteiger charge is 2.75. The predicted octanol–water partition coefficient (Wildman–Crippen LogP) is 23.0. The molecule has 15 aromatic carbocycles. The molecule has 0 aliphatic carbocycles. The summed E-state index contributed by atoms with van der Waals surface area (Å²) in [5, 5.41) is 5.02. The highest BCUT2D eigenvalue weighted by Crippen LogP contribution is 2.65. The van der Waals surface area contributed by atoms with Gasteiger partial charge in [0.15, 0.2) is 80.7 Å². The van der Waals surface area contributed by atoms with Crippen molar-refractivity contribution in [3.8, 4) is 142 Å². The average Bonchev–Trinajstić information content (AvgIpc) is 1.51. The Hall–Kier alpha value is -18.0. The fraction of sp³-hybridized carbons (Fsp3) is 0.0256. The van der Waals surface area contributed by atoms with E-state index in [1.165, 1.54) is 139 Å². The van der Waals surface area contributed by atoms with Gasteiger partial charge in [-0.05, 0) is 179 Å². The molecule has 618 valence electrons. The monoisotopic (exact) mass is 1710 g/mol. The first kappa shape index (κ1) is 71.1. The van der Waals surface area contributed by atoms with Crippen molar-refractivity contribution < 1.29 is 46.7 Å². The topological polar surface area (TPSA) is 88.1 Å². The zero-order chi connectivity index (χ0) is 86.4. The Bertz CT molecular complexity index is 9070. The fourth-order valence-corrected chi connectivity index (χ4v) is 24.0. The number of ether oxygens (including phenoxy) is 4. The van der Waals surface area contributed by atoms with Gasteiger partial charge < -0.3 is 33.0 Å². The van der Waals surface area contributed by atoms with Crippen LogP contribution >= 0.6 is 0 Å². The zero-order valence-corrected chi connectivity index (χ0v) is 71.1. The molecule has 8 aromatic heterocycles. The molecule has 0 bridgehead atoms. The molecule has 0 amide bonds. The average molecular weight is 1710 g/mol. The Morgan fingerprint density at radius 3 is 1.05 bits per heavy atom. The van der Waals surface area contributed by atoms with E-state index >= 15 is 0 Å². The van der Waals surface area contributed by atoms with Gasteiger partial charge in [0.1, 0.15) is 22.7 Å². The minimum absolute atomic E-state index is 0.664. The summed E-state index contributed by atoms with van der Waals surface area (Å²) in [6.45, 7) is 0. The molecular formula is C117H72N12O4+6. The quantitative estimate of drug-likeness (QED) is 0.155. The van der Waals surface area contributed by atoms with E-state index in [1.54, 1.807) is 0 Å². The second-order valence-electron chi connectivity index (χ2n) is 35.7. The van der Waals surface area contributed by atoms with Crippen LogP contribution in [0.2, 0.25) is 0 Å². The number of benzene rings is 15. The zero-order valence-electron chi connectivity index (χ0n) is 71.1. The summed E-state index contributed by atoms with van der Waals surface area (Å²) in [5.41, 5.74) is 33.2. The minimum Gasteiger partial charge on any atom is -0.453 e. The molecular weight excluding hydrogens is 1640 g/mol. The largest absolute Gasteiger partial charge is 0.453 e. The van der Waals surface area contributed by atoms with E-state index in [4.69, 9.17) is 18.9 Å². The van der Waals surface area contributed by atoms with E-state index < -0.39 is 17.0 Å². The number of aromatic nitrogens is 11. The first-order chi connectivity index (χ1) is 65.9. The van der Waals surface area contributed by atoms with Gasteiger partial charge in [0.25, 0.3) is 0 Å². The van der Waals surface area contributed by atoms with Crippen LogP contribution in [0.4, 0.5) is 17.1 Å². The minimum atomic E-state index is -0.740. The standard InChI is InChI=1S/C39H24N4O2.2C39H24N4O/c1-2-9-25(10-3-1)26-16-18-27(19-17-26)28-23-41-30-12-8-13-31-36(30)39(42(41)24-28)37-33(45-35-15-6-7-22-40(35)39)20-21-34-38(37)43(31)29-11-4-5-14-32(29)44-34;1-2-9-25(10-3-1)26-16-18-27(19-17-26)28-23-41-32-21-20-30-29-11-4-5-12-31(29)43-33-13-8-14-34-36(33)39(42(41)24-28,37(32)38(30)43)40-22-7-6-15-35(40)44-34;1-2-9-25(10-3-1)26-16-18-27(19-17-26)28-23-41-32-13-8-14-33-36(32)39(42(41)24-28)37-34(44-35-15-6-7-22-40(35)39)21-20-30-29-11-4-5-12-31(29)43(33)38(30)37/h1-24H;2*1-24H/q3*+2. The van der Waals surface area contributed by atoms with E-state index in [0.29, 0.717) is 0 Å². The highest BCUT2D eigenvalue weighted by atomic mass is 16.5. The van der Waals surface area contributed by atoms with Crippen molar-refractivity contribution in [2.45, 2.75) is 17.0 Å². The van der Waals surface area contributed by atoms with E-state index in [2.05, 4.69) is 463 Å². The number of hydrogen-bond donors (Lipinski definition) is 0. The normalized spacial score (nSPS) is 16.6. The van der Waals surface area contributed by atoms with Crippen LogP contribution in [0.1, 0.15) is 33.4 Å². The first-order valence-electron chi connectivity index (χ1n) is 45.2. The number of fused-ring (bicyclic) bond motifs is 20. The van der Waals surface area contributed by atoms with Crippen LogP contribution < -0.4 is 51.6 Å². The molecule has 16 heteroatoms. The number of pyridine rings is 3. The molecule has 33 rings (SSSR count). The lowest BCUT2D eigenvalue weighted by Gasteiger charge is -2.41. The Morgan fingerprint density at radius 1 is 0.203 bits per heavy atom. The second-order valence-corrected chi connectivity index (χ2v) is 35.7. The molecule has 23 aromatic rings. The third-order valence-electron chi connectivity index (χ3n) is 29.3. The maximum absolute atomic E-state index is 6.69. The second kappa shape index (κ2) is 25.7. The van der Waals surface area contributed by atoms with Crippen LogP contribution in [0.15, 0.2) is 438 Å². The van der Waals surface area contributed by atoms with E-state index in [9.17, 15) is 0 Å². The van der Waals surface area contributed by atoms with Gasteiger partial charge in [0, 0.05) is 39.7 Å². The van der Waals surface area contributed by atoms with Gasteiger partial charge in [-0.2, -0.15) is 0 Å². The van der Waals surface area contributed by atoms with Crippen molar-refractivity contribution in [1.29, 1.82) is 0 Å². The van der Waals surface area contributed by atoms with Crippen molar-refractivity contribution in [1.82, 2.24) is 23.2 Å². The van der Waals surface area contributed by atoms with Crippen molar-refractivity contribution in [3.05, 3.63) is 471 Å². The lowest BCUT2D eigenvalue weighted by Crippen LogP contribution is -2.76. The van der Waals surface area contributed by atoms with Crippen molar-refractivity contribution in [2.75, 3.05) is 4.90 Å². The number of para-hydroxylation sites is 4. The van der Waals surface area contributed by atoms with Crippen LogP contribution in [-0.4, -0.2) is 23.2 Å². The summed E-state index contributed by atoms with van der Waals surface area (Å²) >= 11 is 0. The SMILES string of the molecule is c1ccc(-c2ccc(-c3cn4[n+](c3)C35c6c(cccc6-4)-n4c6ccccc6c6ccc(c3c64)Oc3cccc[n+]35)cc2)cc1.c1ccc(-c2ccc(-c3cn4[n+](c3)C35c6c(cccc6-4)N4c6ccccc6Oc6ccc(c3c64)Oc3cccc[n+]35)cc2)cc1.c1ccc(-c2ccc(-c3cn4[n+](c3)C35c6c(cccc6-n6c7ccccc7c7ccc-4c3c76)Oc3cccc[n+]35)cc2)cc1. The number of anilines is 3. The molecule has 133 heavy (non-hydrogen) atoms. The van der Waals surface area contributed by atoms with Gasteiger partial charge in [-0.15, -0.1) is 14.0 Å². The van der Waals surface area contributed by atoms with Crippen molar-refractivity contribution in [2.24, 2.45) is 0 Å². The molecule has 0 fully saturated rings. The maximum atomic E-state index is 6.69. The number of hydrogen-bond acceptors (Lipinski definition) is 5. The lowest BCUT2D eigenvalue weighted by molar-refractivity contribution is -0.997. The van der Waals surface area contributed by atoms with Crippen molar-refractivity contribution >= 4 is 60.7 Å². The maximum Gasteiger partial charge on any atom is 0.449 e. The smallest absolute Gasteiger partial charge is 0.449 e. The van der Waals surface area contributed by atoms with E-state index in [1.807, 2.05) is 30.3 Å². The Labute approximate surface area is 760 Å². The van der Waals surface area contributed by atoms with Crippen molar-refractivity contribution in [3.63, 3.8) is 0 Å². The van der Waals surface area contributed by atoms with Gasteiger partial charge in [0.05, 0.1) is 98.3 Å². The lowest BCUT2D eigenvalue weighted by atomic mass is 9.81. The Balaban J connectivity index is 0.0000000936. The van der Waals surface area contributed by atoms with Crippen LogP contribution in [0, 0.1) is 0 Å². The Kier molecular flexibility index (Phi) is 13.7. The molecule has 18 heterocycles. The van der Waals surface area contributed by atoms with Gasteiger partial charge in [-0.1, -0.05) is 244 Å². The molecule has 0 saturated carbocycles. The van der Waals surface area contributed by atoms with Crippen LogP contribution in [0.25, 0.3) is 139 Å². The van der Waals surface area contributed by atoms with Crippen LogP contribution in [0.3, 0.4) is 0 Å². The first-order valence-corrected chi connectivity index (χ1v) is 45.2. The number of rotatable bonds is 6. The molecule has 10 aliphatic rings. The van der Waals surface area contributed by atoms with Gasteiger partial charge in [-0.3, -0.25) is 0 Å². The molecule has 16 nitrogen and oxygen atoms in total. The summed E-state index contributed by atoms with van der Waals surface area (Å²) in [5.74, 6) is 6.68. The summed E-state index contributed by atoms with van der Waals surface area (Å²) < 4.78 is 52.7. The van der Waals surface area contributed by atoms with E-state index in [0.717, 1.165) is 97.1 Å². The summed E-state index contributed by atoms with van der Waals surface area (Å²) in [7, 11) is 0. The van der Waals surface area contributed by atoms with Gasteiger partial charge in [0.2, 0.25) is 18.6 Å². The van der Waals surface area contributed by atoms with Crippen LogP contribution in [-0.2, 0) is 17.0 Å². The van der Waals surface area contributed by atoms with Gasteiger partial charge in [-0.25, -0.2) is 0 Å². The predicted molar refractivity (Wildman–Crippen MR) is 509 cm³/mol. The highest BCUT2D eigenvalue weighted by molar-refractivity contribution is 6.14. The van der Waals surface area contributed by atoms with Crippen LogP contribution in [0.5, 0.6) is 46.4 Å². The molecule has 0 N–H and O–H groups in total. The third kappa shape index (κ3) is 8.98. The fourth-order valence-electron chi connectivity index (χ4n) is 24.0. The Morgan fingerprint density at radius 2 is 0.541 bits per heavy atom. The van der Waals surface area contributed by atoms with E-state index in [-0.39, 0.29) is 0 Å².